The van der Waals surface area contributed by atoms with Crippen LogP contribution in [-0.2, 0) is 0 Å². The van der Waals surface area contributed by atoms with Crippen LogP contribution in [0.1, 0.15) is 48.3 Å². The number of nitrogens with zero attached hydrogens (tertiary/aromatic N) is 2. The smallest absolute Gasteiger partial charge is 0.270 e. The van der Waals surface area contributed by atoms with Crippen LogP contribution in [0.2, 0.25) is 0 Å². The number of ether oxygens (including phenoxy) is 1. The summed E-state index contributed by atoms with van der Waals surface area (Å²) in [6.45, 7) is 2.04. The average molecular weight is 361 g/mol. The summed E-state index contributed by atoms with van der Waals surface area (Å²) in [6, 6.07) is 3.71. The maximum atomic E-state index is 12.5. The molecule has 26 heavy (non-hydrogen) atoms. The molecule has 2 heterocycles. The summed E-state index contributed by atoms with van der Waals surface area (Å²) in [5, 5.41) is 20.9. The van der Waals surface area contributed by atoms with E-state index in [-0.39, 0.29) is 12.5 Å². The maximum Gasteiger partial charge on any atom is 0.270 e. The second kappa shape index (κ2) is 8.51. The van der Waals surface area contributed by atoms with Gasteiger partial charge in [0.25, 0.3) is 5.91 Å². The van der Waals surface area contributed by atoms with Gasteiger partial charge >= 0.3 is 0 Å². The van der Waals surface area contributed by atoms with E-state index in [1.807, 2.05) is 12.1 Å². The first-order valence-corrected chi connectivity index (χ1v) is 9.27. The lowest BCUT2D eigenvalue weighted by Gasteiger charge is -2.21. The van der Waals surface area contributed by atoms with Crippen LogP contribution in [0.25, 0.3) is 5.65 Å². The van der Waals surface area contributed by atoms with Crippen LogP contribution < -0.4 is 10.1 Å². The summed E-state index contributed by atoms with van der Waals surface area (Å²) in [6.07, 6.45) is 7.06. The van der Waals surface area contributed by atoms with Crippen molar-refractivity contribution in [2.24, 2.45) is 5.92 Å². The van der Waals surface area contributed by atoms with Gasteiger partial charge in [-0.1, -0.05) is 19.3 Å². The van der Waals surface area contributed by atoms with E-state index >= 15 is 0 Å². The molecule has 1 aliphatic rings. The number of aliphatic hydroxyl groups excluding tert-OH is 2. The molecule has 7 nitrogen and oxygen atoms in total. The number of carbonyl (C=O) groups is 1. The number of rotatable bonds is 7. The number of pyridine rings is 1. The molecular weight excluding hydrogens is 334 g/mol. The molecule has 0 radical (unpaired) electrons. The van der Waals surface area contributed by atoms with Gasteiger partial charge in [0, 0.05) is 12.7 Å². The van der Waals surface area contributed by atoms with Crippen LogP contribution in [-0.4, -0.2) is 51.4 Å². The lowest BCUT2D eigenvalue weighted by atomic mass is 9.90. The highest BCUT2D eigenvalue weighted by molar-refractivity contribution is 5.95. The molecule has 2 aromatic heterocycles. The number of carbonyl (C=O) groups excluding carboxylic acids is 1. The minimum absolute atomic E-state index is 0.0140. The van der Waals surface area contributed by atoms with Crippen molar-refractivity contribution in [3.63, 3.8) is 0 Å². The van der Waals surface area contributed by atoms with Crippen LogP contribution in [0.15, 0.2) is 18.3 Å². The number of hydrogen-bond donors (Lipinski definition) is 3. The zero-order chi connectivity index (χ0) is 18.5. The van der Waals surface area contributed by atoms with Crippen molar-refractivity contribution < 1.29 is 19.7 Å². The average Bonchev–Trinajstić information content (AvgIpc) is 3.01. The number of hydrogen-bond acceptors (Lipinski definition) is 5. The van der Waals surface area contributed by atoms with Gasteiger partial charge in [-0.2, -0.15) is 0 Å². The fraction of sp³-hybridized carbons (Fsp3) is 0.579. The standard InChI is InChI=1S/C19H27N3O4/c1-13-17(19(25)20-10-15(24)11-23)22-9-5-8-16(18(22)21-13)26-12-14-6-3-2-4-7-14/h5,8-9,14-15,23-24H,2-4,6-7,10-12H2,1H3,(H,20,25). The van der Waals surface area contributed by atoms with Gasteiger partial charge in [0.2, 0.25) is 0 Å². The highest BCUT2D eigenvalue weighted by Gasteiger charge is 2.20. The van der Waals surface area contributed by atoms with Gasteiger partial charge in [-0.25, -0.2) is 4.98 Å². The molecular formula is C19H27N3O4. The van der Waals surface area contributed by atoms with Gasteiger partial charge in [-0.05, 0) is 37.8 Å². The first-order chi connectivity index (χ1) is 12.6. The molecule has 1 unspecified atom stereocenters. The lowest BCUT2D eigenvalue weighted by molar-refractivity contribution is 0.0797. The quantitative estimate of drug-likeness (QED) is 0.697. The topological polar surface area (TPSA) is 96.1 Å². The third kappa shape index (κ3) is 4.16. The lowest BCUT2D eigenvalue weighted by Crippen LogP contribution is -2.34. The minimum Gasteiger partial charge on any atom is -0.489 e. The van der Waals surface area contributed by atoms with Crippen LogP contribution >= 0.6 is 0 Å². The summed E-state index contributed by atoms with van der Waals surface area (Å²) in [5.41, 5.74) is 1.62. The molecule has 0 aromatic carbocycles. The Morgan fingerprint density at radius 2 is 2.19 bits per heavy atom. The van der Waals surface area contributed by atoms with E-state index in [2.05, 4.69) is 10.3 Å². The van der Waals surface area contributed by atoms with Crippen molar-refractivity contribution in [1.29, 1.82) is 0 Å². The first-order valence-electron chi connectivity index (χ1n) is 9.27. The Bertz CT molecular complexity index is 753. The van der Waals surface area contributed by atoms with Crippen molar-refractivity contribution in [1.82, 2.24) is 14.7 Å². The SMILES string of the molecule is Cc1nc2c(OCC3CCCCC3)cccn2c1C(=O)NCC(O)CO. The largest absolute Gasteiger partial charge is 0.489 e. The van der Waals surface area contributed by atoms with Crippen molar-refractivity contribution in [3.8, 4) is 5.75 Å². The van der Waals surface area contributed by atoms with Crippen molar-refractivity contribution in [2.75, 3.05) is 19.8 Å². The number of nitrogens with one attached hydrogen (secondary N) is 1. The third-order valence-corrected chi connectivity index (χ3v) is 4.91. The van der Waals surface area contributed by atoms with Crippen molar-refractivity contribution >= 4 is 11.6 Å². The molecule has 3 N–H and O–H groups in total. The molecule has 1 saturated carbocycles. The summed E-state index contributed by atoms with van der Waals surface area (Å²) >= 11 is 0. The highest BCUT2D eigenvalue weighted by atomic mass is 16.5. The number of amides is 1. The van der Waals surface area contributed by atoms with Gasteiger partial charge in [-0.3, -0.25) is 9.20 Å². The van der Waals surface area contributed by atoms with Crippen LogP contribution in [0.4, 0.5) is 0 Å². The zero-order valence-corrected chi connectivity index (χ0v) is 15.1. The Labute approximate surface area is 153 Å². The predicted molar refractivity (Wildman–Crippen MR) is 97.4 cm³/mol. The minimum atomic E-state index is -0.979. The second-order valence-corrected chi connectivity index (χ2v) is 6.97. The van der Waals surface area contributed by atoms with Crippen molar-refractivity contribution in [3.05, 3.63) is 29.7 Å². The Morgan fingerprint density at radius 3 is 2.92 bits per heavy atom. The molecule has 1 amide bonds. The summed E-state index contributed by atoms with van der Waals surface area (Å²) in [4.78, 5) is 17.0. The molecule has 1 fully saturated rings. The molecule has 0 saturated heterocycles. The fourth-order valence-corrected chi connectivity index (χ4v) is 3.46. The highest BCUT2D eigenvalue weighted by Crippen LogP contribution is 2.27. The first kappa shape index (κ1) is 18.7. The second-order valence-electron chi connectivity index (χ2n) is 6.97. The molecule has 3 rings (SSSR count). The molecule has 0 aliphatic heterocycles. The van der Waals surface area contributed by atoms with Gasteiger partial charge in [0.1, 0.15) is 5.69 Å². The van der Waals surface area contributed by atoms with Crippen LogP contribution in [0.3, 0.4) is 0 Å². The molecule has 1 atom stereocenters. The monoisotopic (exact) mass is 361 g/mol. The molecule has 1 aliphatic carbocycles. The Kier molecular flexibility index (Phi) is 6.11. The predicted octanol–water partition coefficient (Wildman–Crippen LogP) is 1.68. The van der Waals surface area contributed by atoms with E-state index in [9.17, 15) is 9.90 Å². The van der Waals surface area contributed by atoms with E-state index in [0.717, 1.165) is 0 Å². The summed E-state index contributed by atoms with van der Waals surface area (Å²) in [5.74, 6) is 0.922. The molecule has 0 bridgehead atoms. The number of imidazole rings is 1. The Balaban J connectivity index is 1.76. The number of aryl methyl sites for hydroxylation is 1. The molecule has 142 valence electrons. The number of aliphatic hydroxyl groups is 2. The van der Waals surface area contributed by atoms with Gasteiger partial charge in [0.15, 0.2) is 11.4 Å². The Hall–Kier alpha value is -2.12. The fourth-order valence-electron chi connectivity index (χ4n) is 3.46. The molecule has 0 spiro atoms. The van der Waals surface area contributed by atoms with Gasteiger partial charge < -0.3 is 20.3 Å². The van der Waals surface area contributed by atoms with Gasteiger partial charge in [-0.15, -0.1) is 0 Å². The van der Waals surface area contributed by atoms with E-state index in [1.165, 1.54) is 32.1 Å². The molecule has 7 heteroatoms. The van der Waals surface area contributed by atoms with E-state index < -0.39 is 12.7 Å². The number of aromatic nitrogens is 2. The van der Waals surface area contributed by atoms with E-state index in [0.29, 0.717) is 35.3 Å². The summed E-state index contributed by atoms with van der Waals surface area (Å²) < 4.78 is 7.75. The maximum absolute atomic E-state index is 12.5. The third-order valence-electron chi connectivity index (χ3n) is 4.91. The molecule has 2 aromatic rings. The van der Waals surface area contributed by atoms with Crippen molar-refractivity contribution in [2.45, 2.75) is 45.1 Å². The number of fused-ring (bicyclic) bond motifs is 1. The summed E-state index contributed by atoms with van der Waals surface area (Å²) in [7, 11) is 0. The zero-order valence-electron chi connectivity index (χ0n) is 15.1. The van der Waals surface area contributed by atoms with E-state index in [1.54, 1.807) is 17.5 Å². The Morgan fingerprint density at radius 1 is 1.42 bits per heavy atom. The van der Waals surface area contributed by atoms with Gasteiger partial charge in [0.05, 0.1) is 25.0 Å². The normalized spacial score (nSPS) is 16.6. The van der Waals surface area contributed by atoms with Crippen LogP contribution in [0, 0.1) is 12.8 Å². The van der Waals surface area contributed by atoms with E-state index in [4.69, 9.17) is 9.84 Å². The van der Waals surface area contributed by atoms with Crippen LogP contribution in [0.5, 0.6) is 5.75 Å².